The van der Waals surface area contributed by atoms with E-state index in [1.807, 2.05) is 6.07 Å². The number of rotatable bonds is 1. The first-order valence-corrected chi connectivity index (χ1v) is 8.60. The summed E-state index contributed by atoms with van der Waals surface area (Å²) in [6.45, 7) is 7.15. The van der Waals surface area contributed by atoms with Crippen LogP contribution < -0.4 is 5.32 Å². The molecule has 1 aromatic carbocycles. The monoisotopic (exact) mass is 299 g/mol. The number of carbonyl (C=O) groups is 1. The molecule has 2 saturated heterocycles. The maximum atomic E-state index is 13.0. The molecule has 1 amide bonds. The van der Waals surface area contributed by atoms with Crippen molar-refractivity contribution < 1.29 is 4.79 Å². The molecule has 3 aliphatic heterocycles. The lowest BCUT2D eigenvalue weighted by atomic mass is 9.96. The highest BCUT2D eigenvalue weighted by Crippen LogP contribution is 2.26. The van der Waals surface area contributed by atoms with Crippen molar-refractivity contribution in [2.75, 3.05) is 19.6 Å². The Kier molecular flexibility index (Phi) is 3.66. The van der Waals surface area contributed by atoms with Crippen LogP contribution in [0.2, 0.25) is 0 Å². The van der Waals surface area contributed by atoms with Gasteiger partial charge in [0.15, 0.2) is 0 Å². The molecule has 3 heterocycles. The molecule has 2 unspecified atom stereocenters. The molecule has 118 valence electrons. The number of piperidine rings is 1. The predicted octanol–water partition coefficient (Wildman–Crippen LogP) is 1.99. The van der Waals surface area contributed by atoms with Crippen LogP contribution in [0.1, 0.15) is 47.7 Å². The van der Waals surface area contributed by atoms with Crippen molar-refractivity contribution >= 4 is 5.91 Å². The SMILES string of the molecule is CC1CN2CCCCC2CN1C(=O)c1ccc2c(c1)CNC2. The fourth-order valence-electron chi connectivity index (χ4n) is 4.23. The van der Waals surface area contributed by atoms with Gasteiger partial charge in [-0.3, -0.25) is 9.69 Å². The van der Waals surface area contributed by atoms with Gasteiger partial charge in [0, 0.05) is 43.8 Å². The highest BCUT2D eigenvalue weighted by Gasteiger charge is 2.35. The van der Waals surface area contributed by atoms with Gasteiger partial charge in [0.25, 0.3) is 5.91 Å². The third-order valence-electron chi connectivity index (χ3n) is 5.53. The summed E-state index contributed by atoms with van der Waals surface area (Å²) < 4.78 is 0. The number of piperazine rings is 1. The van der Waals surface area contributed by atoms with Gasteiger partial charge in [-0.25, -0.2) is 0 Å². The van der Waals surface area contributed by atoms with E-state index in [1.54, 1.807) is 0 Å². The summed E-state index contributed by atoms with van der Waals surface area (Å²) >= 11 is 0. The van der Waals surface area contributed by atoms with Gasteiger partial charge in [-0.2, -0.15) is 0 Å². The number of nitrogens with one attached hydrogen (secondary N) is 1. The van der Waals surface area contributed by atoms with Crippen molar-refractivity contribution in [2.24, 2.45) is 0 Å². The van der Waals surface area contributed by atoms with Gasteiger partial charge >= 0.3 is 0 Å². The molecule has 3 aliphatic rings. The van der Waals surface area contributed by atoms with E-state index in [0.29, 0.717) is 12.1 Å². The Morgan fingerprint density at radius 1 is 1.18 bits per heavy atom. The topological polar surface area (TPSA) is 35.6 Å². The number of hydrogen-bond donors (Lipinski definition) is 1. The summed E-state index contributed by atoms with van der Waals surface area (Å²) in [6.07, 6.45) is 3.86. The maximum absolute atomic E-state index is 13.0. The molecule has 0 spiro atoms. The van der Waals surface area contributed by atoms with E-state index in [1.165, 1.54) is 36.9 Å². The van der Waals surface area contributed by atoms with E-state index in [0.717, 1.165) is 31.7 Å². The summed E-state index contributed by atoms with van der Waals surface area (Å²) in [5.41, 5.74) is 3.48. The van der Waals surface area contributed by atoms with Crippen molar-refractivity contribution in [1.29, 1.82) is 0 Å². The number of nitrogens with zero attached hydrogens (tertiary/aromatic N) is 2. The number of benzene rings is 1. The van der Waals surface area contributed by atoms with Gasteiger partial charge in [0.1, 0.15) is 0 Å². The summed E-state index contributed by atoms with van der Waals surface area (Å²) in [7, 11) is 0. The van der Waals surface area contributed by atoms with Crippen LogP contribution in [-0.2, 0) is 13.1 Å². The van der Waals surface area contributed by atoms with E-state index in [4.69, 9.17) is 0 Å². The lowest BCUT2D eigenvalue weighted by molar-refractivity contribution is 0.0151. The highest BCUT2D eigenvalue weighted by atomic mass is 16.2. The average molecular weight is 299 g/mol. The number of fused-ring (bicyclic) bond motifs is 2. The largest absolute Gasteiger partial charge is 0.333 e. The number of hydrogen-bond acceptors (Lipinski definition) is 3. The molecular formula is C18H25N3O. The van der Waals surface area contributed by atoms with Gasteiger partial charge in [0.05, 0.1) is 0 Å². The standard InChI is InChI=1S/C18H25N3O/c1-13-11-20-7-3-2-4-17(20)12-21(13)18(22)14-5-6-15-9-19-10-16(15)8-14/h5-6,8,13,17,19H,2-4,7,9-12H2,1H3. The molecule has 1 N–H and O–H groups in total. The van der Waals surface area contributed by atoms with E-state index in [9.17, 15) is 4.79 Å². The molecule has 4 heteroatoms. The van der Waals surface area contributed by atoms with E-state index in [2.05, 4.69) is 34.2 Å². The Bertz CT molecular complexity index is 586. The van der Waals surface area contributed by atoms with Crippen molar-refractivity contribution in [3.8, 4) is 0 Å². The van der Waals surface area contributed by atoms with Gasteiger partial charge in [-0.05, 0) is 49.6 Å². The summed E-state index contributed by atoms with van der Waals surface area (Å²) in [4.78, 5) is 17.7. The van der Waals surface area contributed by atoms with Crippen LogP contribution in [0.3, 0.4) is 0 Å². The Hall–Kier alpha value is -1.39. The normalized spacial score (nSPS) is 28.3. The molecule has 0 aromatic heterocycles. The van der Waals surface area contributed by atoms with Crippen LogP contribution in [0.5, 0.6) is 0 Å². The van der Waals surface area contributed by atoms with Crippen LogP contribution in [-0.4, -0.2) is 47.4 Å². The molecule has 0 saturated carbocycles. The minimum Gasteiger partial charge on any atom is -0.333 e. The van der Waals surface area contributed by atoms with Crippen LogP contribution in [0, 0.1) is 0 Å². The zero-order chi connectivity index (χ0) is 15.1. The fraction of sp³-hybridized carbons (Fsp3) is 0.611. The second-order valence-corrected chi connectivity index (χ2v) is 7.04. The Morgan fingerprint density at radius 2 is 2.05 bits per heavy atom. The summed E-state index contributed by atoms with van der Waals surface area (Å²) in [6, 6.07) is 7.11. The third-order valence-corrected chi connectivity index (χ3v) is 5.53. The van der Waals surface area contributed by atoms with Crippen LogP contribution in [0.15, 0.2) is 18.2 Å². The van der Waals surface area contributed by atoms with E-state index in [-0.39, 0.29) is 5.91 Å². The number of carbonyl (C=O) groups excluding carboxylic acids is 1. The second kappa shape index (κ2) is 5.67. The molecule has 4 nitrogen and oxygen atoms in total. The van der Waals surface area contributed by atoms with Crippen molar-refractivity contribution in [1.82, 2.24) is 15.1 Å². The van der Waals surface area contributed by atoms with Gasteiger partial charge in [-0.1, -0.05) is 12.5 Å². The first-order chi connectivity index (χ1) is 10.7. The van der Waals surface area contributed by atoms with Crippen LogP contribution >= 0.6 is 0 Å². The smallest absolute Gasteiger partial charge is 0.254 e. The van der Waals surface area contributed by atoms with Crippen molar-refractivity contribution in [3.63, 3.8) is 0 Å². The predicted molar refractivity (Wildman–Crippen MR) is 86.7 cm³/mol. The first-order valence-electron chi connectivity index (χ1n) is 8.60. The first kappa shape index (κ1) is 14.2. The minimum atomic E-state index is 0.215. The highest BCUT2D eigenvalue weighted by molar-refractivity contribution is 5.95. The lowest BCUT2D eigenvalue weighted by Crippen LogP contribution is -2.60. The van der Waals surface area contributed by atoms with Gasteiger partial charge in [-0.15, -0.1) is 0 Å². The molecular weight excluding hydrogens is 274 g/mol. The molecule has 2 atom stereocenters. The van der Waals surface area contributed by atoms with E-state index < -0.39 is 0 Å². The third kappa shape index (κ3) is 2.44. The molecule has 0 bridgehead atoms. The van der Waals surface area contributed by atoms with Gasteiger partial charge < -0.3 is 10.2 Å². The fourth-order valence-corrected chi connectivity index (χ4v) is 4.23. The molecule has 4 rings (SSSR count). The average Bonchev–Trinajstić information content (AvgIpc) is 3.01. The molecule has 1 aromatic rings. The number of amides is 1. The van der Waals surface area contributed by atoms with Crippen molar-refractivity contribution in [2.45, 2.75) is 51.4 Å². The Balaban J connectivity index is 1.54. The van der Waals surface area contributed by atoms with Crippen molar-refractivity contribution in [3.05, 3.63) is 34.9 Å². The van der Waals surface area contributed by atoms with Crippen LogP contribution in [0.4, 0.5) is 0 Å². The molecule has 2 fully saturated rings. The van der Waals surface area contributed by atoms with Crippen LogP contribution in [0.25, 0.3) is 0 Å². The molecule has 0 aliphatic carbocycles. The second-order valence-electron chi connectivity index (χ2n) is 7.04. The summed E-state index contributed by atoms with van der Waals surface area (Å²) in [5, 5.41) is 3.35. The molecule has 0 radical (unpaired) electrons. The Labute approximate surface area is 132 Å². The zero-order valence-electron chi connectivity index (χ0n) is 13.3. The quantitative estimate of drug-likeness (QED) is 0.861. The van der Waals surface area contributed by atoms with E-state index >= 15 is 0 Å². The summed E-state index contributed by atoms with van der Waals surface area (Å²) in [5.74, 6) is 0.215. The minimum absolute atomic E-state index is 0.215. The molecule has 22 heavy (non-hydrogen) atoms. The zero-order valence-corrected chi connectivity index (χ0v) is 13.3. The van der Waals surface area contributed by atoms with Gasteiger partial charge in [0.2, 0.25) is 0 Å². The Morgan fingerprint density at radius 3 is 2.95 bits per heavy atom. The lowest BCUT2D eigenvalue weighted by Gasteiger charge is -2.47. The maximum Gasteiger partial charge on any atom is 0.254 e.